The van der Waals surface area contributed by atoms with Crippen LogP contribution in [0.1, 0.15) is 24.2 Å². The van der Waals surface area contributed by atoms with Crippen LogP contribution in [0.5, 0.6) is 0 Å². The van der Waals surface area contributed by atoms with E-state index in [1.54, 1.807) is 6.20 Å². The number of aryl methyl sites for hydroxylation is 2. The zero-order valence-electron chi connectivity index (χ0n) is 17.5. The zero-order chi connectivity index (χ0) is 21.8. The first-order valence-electron chi connectivity index (χ1n) is 10.2. The van der Waals surface area contributed by atoms with Crippen molar-refractivity contribution in [1.82, 2.24) is 15.0 Å². The Kier molecular flexibility index (Phi) is 6.73. The Bertz CT molecular complexity index is 1030. The van der Waals surface area contributed by atoms with Gasteiger partial charge < -0.3 is 10.2 Å². The number of nitrogens with one attached hydrogen (secondary N) is 1. The fourth-order valence-electron chi connectivity index (χ4n) is 3.62. The lowest BCUT2D eigenvalue weighted by Crippen LogP contribution is -2.38. The molecular formula is C23H24ClN5OS. The predicted octanol–water partition coefficient (Wildman–Crippen LogP) is 5.15. The van der Waals surface area contributed by atoms with Gasteiger partial charge in [-0.05, 0) is 80.9 Å². The van der Waals surface area contributed by atoms with Gasteiger partial charge in [0.05, 0.1) is 5.02 Å². The molecule has 3 heterocycles. The van der Waals surface area contributed by atoms with E-state index >= 15 is 0 Å². The molecule has 1 aliphatic rings. The van der Waals surface area contributed by atoms with E-state index in [0.717, 1.165) is 58.9 Å². The Hall–Kier alpha value is -2.64. The van der Waals surface area contributed by atoms with Gasteiger partial charge in [0.15, 0.2) is 5.16 Å². The van der Waals surface area contributed by atoms with E-state index in [4.69, 9.17) is 11.6 Å². The monoisotopic (exact) mass is 453 g/mol. The molecule has 6 nitrogen and oxygen atoms in total. The SMILES string of the molecule is Cc1cc(C)nc(Sc2ccc(NC(=O)C3CCN(c4ccc(Cl)cn4)CC3)cc2)n1. The van der Waals surface area contributed by atoms with Crippen LogP contribution in [0, 0.1) is 19.8 Å². The molecule has 1 saturated heterocycles. The number of pyridine rings is 1. The first-order chi connectivity index (χ1) is 15.0. The Morgan fingerprint density at radius 3 is 2.35 bits per heavy atom. The summed E-state index contributed by atoms with van der Waals surface area (Å²) in [5, 5.41) is 4.41. The van der Waals surface area contributed by atoms with Crippen molar-refractivity contribution in [3.8, 4) is 0 Å². The molecule has 0 spiro atoms. The molecule has 1 aliphatic heterocycles. The van der Waals surface area contributed by atoms with Crippen LogP contribution in [-0.4, -0.2) is 33.9 Å². The van der Waals surface area contributed by atoms with Gasteiger partial charge in [-0.15, -0.1) is 0 Å². The highest BCUT2D eigenvalue weighted by atomic mass is 35.5. The molecule has 1 aromatic carbocycles. The molecule has 160 valence electrons. The molecule has 0 saturated carbocycles. The Morgan fingerprint density at radius 1 is 1.06 bits per heavy atom. The molecule has 1 fully saturated rings. The molecule has 31 heavy (non-hydrogen) atoms. The molecule has 1 amide bonds. The smallest absolute Gasteiger partial charge is 0.227 e. The van der Waals surface area contributed by atoms with Crippen LogP contribution in [0.2, 0.25) is 5.02 Å². The Labute approximate surface area is 191 Å². The molecule has 4 rings (SSSR count). The van der Waals surface area contributed by atoms with Crippen molar-refractivity contribution in [3.05, 3.63) is 65.1 Å². The highest BCUT2D eigenvalue weighted by Gasteiger charge is 2.25. The van der Waals surface area contributed by atoms with Crippen LogP contribution in [0.4, 0.5) is 11.5 Å². The lowest BCUT2D eigenvalue weighted by molar-refractivity contribution is -0.120. The number of anilines is 2. The standard InChI is InChI=1S/C23H24ClN5OS/c1-15-13-16(2)27-23(26-15)31-20-6-4-19(5-7-20)28-22(30)17-9-11-29(12-10-17)21-8-3-18(24)14-25-21/h3-8,13-14,17H,9-12H2,1-2H3,(H,28,30). The number of carbonyl (C=O) groups is 1. The van der Waals surface area contributed by atoms with E-state index in [1.165, 1.54) is 11.8 Å². The highest BCUT2D eigenvalue weighted by Crippen LogP contribution is 2.27. The van der Waals surface area contributed by atoms with Crippen molar-refractivity contribution in [2.24, 2.45) is 5.92 Å². The fourth-order valence-corrected chi connectivity index (χ4v) is 4.60. The van der Waals surface area contributed by atoms with Gasteiger partial charge in [-0.3, -0.25) is 4.79 Å². The summed E-state index contributed by atoms with van der Waals surface area (Å²) in [6.07, 6.45) is 3.26. The van der Waals surface area contributed by atoms with E-state index in [-0.39, 0.29) is 11.8 Å². The van der Waals surface area contributed by atoms with Crippen LogP contribution in [-0.2, 0) is 4.79 Å². The van der Waals surface area contributed by atoms with Gasteiger partial charge in [-0.1, -0.05) is 11.6 Å². The molecule has 3 aromatic rings. The van der Waals surface area contributed by atoms with Gasteiger partial charge in [-0.2, -0.15) is 0 Å². The number of aromatic nitrogens is 3. The number of amides is 1. The van der Waals surface area contributed by atoms with Gasteiger partial charge in [0.2, 0.25) is 5.91 Å². The van der Waals surface area contributed by atoms with Gasteiger partial charge >= 0.3 is 0 Å². The molecule has 0 radical (unpaired) electrons. The van der Waals surface area contributed by atoms with Gasteiger partial charge in [-0.25, -0.2) is 15.0 Å². The molecule has 0 aliphatic carbocycles. The van der Waals surface area contributed by atoms with Crippen molar-refractivity contribution in [2.45, 2.75) is 36.7 Å². The normalized spacial score (nSPS) is 14.5. The first kappa shape index (κ1) is 21.6. The van der Waals surface area contributed by atoms with Crippen molar-refractivity contribution in [3.63, 3.8) is 0 Å². The quantitative estimate of drug-likeness (QED) is 0.539. The third-order valence-electron chi connectivity index (χ3n) is 5.19. The summed E-state index contributed by atoms with van der Waals surface area (Å²) in [5.74, 6) is 0.979. The zero-order valence-corrected chi connectivity index (χ0v) is 19.1. The molecule has 0 bridgehead atoms. The average Bonchev–Trinajstić information content (AvgIpc) is 2.75. The molecule has 2 aromatic heterocycles. The third kappa shape index (κ3) is 5.74. The van der Waals surface area contributed by atoms with E-state index in [1.807, 2.05) is 56.3 Å². The summed E-state index contributed by atoms with van der Waals surface area (Å²) in [4.78, 5) is 29.2. The summed E-state index contributed by atoms with van der Waals surface area (Å²) in [7, 11) is 0. The Balaban J connectivity index is 1.30. The van der Waals surface area contributed by atoms with Crippen molar-refractivity contribution in [2.75, 3.05) is 23.3 Å². The second-order valence-electron chi connectivity index (χ2n) is 7.64. The largest absolute Gasteiger partial charge is 0.357 e. The molecule has 0 unspecified atom stereocenters. The maximum absolute atomic E-state index is 12.7. The molecule has 8 heteroatoms. The highest BCUT2D eigenvalue weighted by molar-refractivity contribution is 7.99. The number of rotatable bonds is 5. The number of piperidine rings is 1. The number of hydrogen-bond acceptors (Lipinski definition) is 6. The molecule has 1 N–H and O–H groups in total. The number of benzene rings is 1. The number of hydrogen-bond donors (Lipinski definition) is 1. The summed E-state index contributed by atoms with van der Waals surface area (Å²) < 4.78 is 0. The maximum Gasteiger partial charge on any atom is 0.227 e. The van der Waals surface area contributed by atoms with Crippen LogP contribution < -0.4 is 10.2 Å². The lowest BCUT2D eigenvalue weighted by atomic mass is 9.96. The number of carbonyl (C=O) groups excluding carboxylic acids is 1. The van der Waals surface area contributed by atoms with Crippen molar-refractivity contribution in [1.29, 1.82) is 0 Å². The fraction of sp³-hybridized carbons (Fsp3) is 0.304. The summed E-state index contributed by atoms with van der Waals surface area (Å²) in [6.45, 7) is 5.54. The minimum Gasteiger partial charge on any atom is -0.357 e. The summed E-state index contributed by atoms with van der Waals surface area (Å²) in [5.41, 5.74) is 2.71. The Morgan fingerprint density at radius 2 is 1.74 bits per heavy atom. The maximum atomic E-state index is 12.7. The van der Waals surface area contributed by atoms with E-state index in [9.17, 15) is 4.79 Å². The second-order valence-corrected chi connectivity index (χ2v) is 9.12. The van der Waals surface area contributed by atoms with E-state index in [0.29, 0.717) is 5.02 Å². The minimum absolute atomic E-state index is 0.00118. The third-order valence-corrected chi connectivity index (χ3v) is 6.29. The topological polar surface area (TPSA) is 71.0 Å². The van der Waals surface area contributed by atoms with Gasteiger partial charge in [0.25, 0.3) is 0 Å². The minimum atomic E-state index is 0.00118. The summed E-state index contributed by atoms with van der Waals surface area (Å²) >= 11 is 7.43. The molecule has 0 atom stereocenters. The van der Waals surface area contributed by atoms with Gasteiger partial charge in [0, 0.05) is 47.2 Å². The number of halogens is 1. The van der Waals surface area contributed by atoms with Crippen LogP contribution >= 0.6 is 23.4 Å². The second kappa shape index (κ2) is 9.66. The van der Waals surface area contributed by atoms with E-state index in [2.05, 4.69) is 25.2 Å². The number of nitrogens with zero attached hydrogens (tertiary/aromatic N) is 4. The van der Waals surface area contributed by atoms with Crippen LogP contribution in [0.25, 0.3) is 0 Å². The van der Waals surface area contributed by atoms with Crippen molar-refractivity contribution >= 4 is 40.8 Å². The van der Waals surface area contributed by atoms with Crippen LogP contribution in [0.3, 0.4) is 0 Å². The predicted molar refractivity (Wildman–Crippen MR) is 125 cm³/mol. The van der Waals surface area contributed by atoms with Crippen LogP contribution in [0.15, 0.2) is 58.7 Å². The average molecular weight is 454 g/mol. The summed E-state index contributed by atoms with van der Waals surface area (Å²) in [6, 6.07) is 13.5. The first-order valence-corrected chi connectivity index (χ1v) is 11.4. The van der Waals surface area contributed by atoms with E-state index < -0.39 is 0 Å². The van der Waals surface area contributed by atoms with Crippen molar-refractivity contribution < 1.29 is 4.79 Å². The molecular weight excluding hydrogens is 430 g/mol. The lowest BCUT2D eigenvalue weighted by Gasteiger charge is -2.32. The van der Waals surface area contributed by atoms with Gasteiger partial charge in [0.1, 0.15) is 5.82 Å².